The first-order chi connectivity index (χ1) is 9.47. The van der Waals surface area contributed by atoms with Crippen molar-refractivity contribution in [2.45, 2.75) is 52.1 Å². The van der Waals surface area contributed by atoms with Crippen LogP contribution < -0.4 is 11.3 Å². The van der Waals surface area contributed by atoms with Crippen molar-refractivity contribution < 1.29 is 0 Å². The molecule has 2 rings (SSSR count). The second-order valence-corrected chi connectivity index (χ2v) is 6.57. The summed E-state index contributed by atoms with van der Waals surface area (Å²) in [6, 6.07) is -0.0167. The summed E-state index contributed by atoms with van der Waals surface area (Å²) < 4.78 is 6.22. The Morgan fingerprint density at radius 1 is 1.45 bits per heavy atom. The molecule has 20 heavy (non-hydrogen) atoms. The van der Waals surface area contributed by atoms with Gasteiger partial charge < -0.3 is 4.57 Å². The molecule has 2 aromatic rings. The van der Waals surface area contributed by atoms with E-state index < -0.39 is 0 Å². The number of nitrogens with one attached hydrogen (secondary N) is 1. The van der Waals surface area contributed by atoms with E-state index in [1.807, 2.05) is 12.4 Å². The number of aryl methyl sites for hydroxylation is 1. The van der Waals surface area contributed by atoms with Crippen molar-refractivity contribution in [3.63, 3.8) is 0 Å². The topological polar surface area (TPSA) is 81.7 Å². The molecule has 0 bridgehead atoms. The van der Waals surface area contributed by atoms with Gasteiger partial charge in [-0.05, 0) is 18.5 Å². The van der Waals surface area contributed by atoms with Crippen LogP contribution in [0.1, 0.15) is 50.1 Å². The standard InChI is InChI=1S/C13H22N6S/c1-5-19-7-6-15-10(19)8-9(16-14)11-12(13(2,3)4)17-18-20-11/h6-7,9,16H,5,8,14H2,1-4H3. The van der Waals surface area contributed by atoms with Crippen molar-refractivity contribution in [3.8, 4) is 0 Å². The maximum Gasteiger partial charge on any atom is 0.110 e. The van der Waals surface area contributed by atoms with Crippen molar-refractivity contribution in [2.24, 2.45) is 5.84 Å². The molecule has 0 spiro atoms. The molecule has 3 N–H and O–H groups in total. The van der Waals surface area contributed by atoms with Gasteiger partial charge in [-0.15, -0.1) is 5.10 Å². The number of aromatic nitrogens is 4. The summed E-state index contributed by atoms with van der Waals surface area (Å²) >= 11 is 1.40. The molecule has 0 radical (unpaired) electrons. The highest BCUT2D eigenvalue weighted by Crippen LogP contribution is 2.31. The van der Waals surface area contributed by atoms with E-state index in [1.165, 1.54) is 11.5 Å². The third-order valence-electron chi connectivity index (χ3n) is 3.27. The second-order valence-electron chi connectivity index (χ2n) is 5.79. The first-order valence-corrected chi connectivity index (χ1v) is 7.53. The minimum Gasteiger partial charge on any atom is -0.335 e. The molecule has 110 valence electrons. The van der Waals surface area contributed by atoms with Gasteiger partial charge in [0.1, 0.15) is 5.82 Å². The minimum atomic E-state index is -0.0440. The Morgan fingerprint density at radius 3 is 2.80 bits per heavy atom. The molecular weight excluding hydrogens is 272 g/mol. The van der Waals surface area contributed by atoms with Crippen LogP contribution in [-0.2, 0) is 18.4 Å². The number of rotatable bonds is 5. The summed E-state index contributed by atoms with van der Waals surface area (Å²) in [7, 11) is 0. The fraction of sp³-hybridized carbons (Fsp3) is 0.615. The van der Waals surface area contributed by atoms with E-state index in [0.29, 0.717) is 0 Å². The zero-order valence-corrected chi connectivity index (χ0v) is 13.2. The molecule has 1 atom stereocenters. The van der Waals surface area contributed by atoms with Crippen LogP contribution in [0.2, 0.25) is 0 Å². The highest BCUT2D eigenvalue weighted by molar-refractivity contribution is 7.05. The number of hydrazine groups is 1. The highest BCUT2D eigenvalue weighted by atomic mass is 32.1. The van der Waals surface area contributed by atoms with Crippen molar-refractivity contribution in [2.75, 3.05) is 0 Å². The van der Waals surface area contributed by atoms with E-state index in [1.54, 1.807) is 0 Å². The van der Waals surface area contributed by atoms with Gasteiger partial charge in [0.25, 0.3) is 0 Å². The van der Waals surface area contributed by atoms with Crippen molar-refractivity contribution in [1.82, 2.24) is 24.6 Å². The smallest absolute Gasteiger partial charge is 0.110 e. The fourth-order valence-corrected chi connectivity index (χ4v) is 3.10. The minimum absolute atomic E-state index is 0.0167. The Balaban J connectivity index is 2.28. The van der Waals surface area contributed by atoms with Gasteiger partial charge in [-0.3, -0.25) is 11.3 Å². The lowest BCUT2D eigenvalue weighted by Gasteiger charge is -2.21. The lowest BCUT2D eigenvalue weighted by atomic mass is 9.89. The summed E-state index contributed by atoms with van der Waals surface area (Å²) in [6.45, 7) is 9.40. The largest absolute Gasteiger partial charge is 0.335 e. The van der Waals surface area contributed by atoms with Crippen LogP contribution in [0, 0.1) is 0 Å². The zero-order valence-electron chi connectivity index (χ0n) is 12.4. The Hall–Kier alpha value is -1.31. The average Bonchev–Trinajstić information content (AvgIpc) is 3.03. The van der Waals surface area contributed by atoms with E-state index >= 15 is 0 Å². The Kier molecular flexibility index (Phi) is 4.52. The zero-order chi connectivity index (χ0) is 14.8. The Morgan fingerprint density at radius 2 is 2.20 bits per heavy atom. The van der Waals surface area contributed by atoms with Gasteiger partial charge in [-0.25, -0.2) is 4.98 Å². The summed E-state index contributed by atoms with van der Waals surface area (Å²) in [5, 5.41) is 4.27. The molecule has 1 unspecified atom stereocenters. The van der Waals surface area contributed by atoms with E-state index in [0.717, 1.165) is 29.4 Å². The van der Waals surface area contributed by atoms with Gasteiger partial charge in [0, 0.05) is 30.8 Å². The van der Waals surface area contributed by atoms with Crippen molar-refractivity contribution in [1.29, 1.82) is 0 Å². The molecule has 2 aromatic heterocycles. The number of nitrogens with two attached hydrogens (primary N) is 1. The molecule has 6 nitrogen and oxygen atoms in total. The number of hydrogen-bond acceptors (Lipinski definition) is 6. The summed E-state index contributed by atoms with van der Waals surface area (Å²) in [5.74, 6) is 6.77. The van der Waals surface area contributed by atoms with Gasteiger partial charge in [-0.1, -0.05) is 25.3 Å². The predicted octanol–water partition coefficient (Wildman–Crippen LogP) is 1.80. The molecule has 0 fully saturated rings. The second kappa shape index (κ2) is 5.99. The van der Waals surface area contributed by atoms with Gasteiger partial charge >= 0.3 is 0 Å². The monoisotopic (exact) mass is 294 g/mol. The number of imidazole rings is 1. The lowest BCUT2D eigenvalue weighted by molar-refractivity contribution is 0.500. The molecule has 0 saturated heterocycles. The third-order valence-corrected chi connectivity index (χ3v) is 4.11. The van der Waals surface area contributed by atoms with Gasteiger partial charge in [0.05, 0.1) is 16.6 Å². The number of nitrogens with zero attached hydrogens (tertiary/aromatic N) is 4. The molecule has 0 aromatic carbocycles. The van der Waals surface area contributed by atoms with Gasteiger partial charge in [0.2, 0.25) is 0 Å². The van der Waals surface area contributed by atoms with E-state index in [2.05, 4.69) is 52.3 Å². The molecule has 2 heterocycles. The lowest BCUT2D eigenvalue weighted by Crippen LogP contribution is -2.31. The van der Waals surface area contributed by atoms with Crippen molar-refractivity contribution in [3.05, 3.63) is 28.8 Å². The van der Waals surface area contributed by atoms with Crippen LogP contribution in [-0.4, -0.2) is 19.1 Å². The van der Waals surface area contributed by atoms with Gasteiger partial charge in [-0.2, -0.15) is 0 Å². The molecule has 0 saturated carbocycles. The first kappa shape index (κ1) is 15.1. The molecule has 0 aliphatic carbocycles. The predicted molar refractivity (Wildman–Crippen MR) is 80.3 cm³/mol. The van der Waals surface area contributed by atoms with Crippen LogP contribution in [0.3, 0.4) is 0 Å². The van der Waals surface area contributed by atoms with Crippen LogP contribution in [0.25, 0.3) is 0 Å². The Bertz CT molecular complexity index is 553. The van der Waals surface area contributed by atoms with E-state index in [-0.39, 0.29) is 11.5 Å². The summed E-state index contributed by atoms with van der Waals surface area (Å²) in [5.41, 5.74) is 3.84. The van der Waals surface area contributed by atoms with E-state index in [9.17, 15) is 0 Å². The van der Waals surface area contributed by atoms with Crippen LogP contribution in [0.4, 0.5) is 0 Å². The average molecular weight is 294 g/mol. The van der Waals surface area contributed by atoms with Crippen molar-refractivity contribution >= 4 is 11.5 Å². The molecule has 7 heteroatoms. The van der Waals surface area contributed by atoms with Crippen LogP contribution in [0.5, 0.6) is 0 Å². The SMILES string of the molecule is CCn1ccnc1CC(NN)c1snnc1C(C)(C)C. The maximum atomic E-state index is 5.75. The Labute approximate surface area is 123 Å². The highest BCUT2D eigenvalue weighted by Gasteiger charge is 2.27. The number of hydrogen-bond donors (Lipinski definition) is 2. The summed E-state index contributed by atoms with van der Waals surface area (Å²) in [6.07, 6.45) is 4.53. The molecule has 0 aliphatic heterocycles. The maximum absolute atomic E-state index is 5.75. The molecule has 0 aliphatic rings. The fourth-order valence-electron chi connectivity index (χ4n) is 2.17. The molecule has 0 amide bonds. The quantitative estimate of drug-likeness (QED) is 0.649. The first-order valence-electron chi connectivity index (χ1n) is 6.76. The van der Waals surface area contributed by atoms with Crippen LogP contribution in [0.15, 0.2) is 12.4 Å². The summed E-state index contributed by atoms with van der Waals surface area (Å²) in [4.78, 5) is 5.50. The normalized spacial score (nSPS) is 13.7. The van der Waals surface area contributed by atoms with E-state index in [4.69, 9.17) is 5.84 Å². The van der Waals surface area contributed by atoms with Crippen LogP contribution >= 0.6 is 11.5 Å². The van der Waals surface area contributed by atoms with Gasteiger partial charge in [0.15, 0.2) is 0 Å². The molecular formula is C13H22N6S. The third kappa shape index (κ3) is 3.05.